The first-order valence-electron chi connectivity index (χ1n) is 7.01. The molecule has 2 aromatic carbocycles. The Morgan fingerprint density at radius 2 is 1.39 bits per heavy atom. The molecule has 0 fully saturated rings. The van der Waals surface area contributed by atoms with E-state index in [0.29, 0.717) is 0 Å². The van der Waals surface area contributed by atoms with E-state index in [0.717, 1.165) is 36.4 Å². The molecule has 28 heavy (non-hydrogen) atoms. The van der Waals surface area contributed by atoms with Crippen LogP contribution < -0.4 is 51.4 Å². The Balaban J connectivity index is 0.00000392. The fourth-order valence-electron chi connectivity index (χ4n) is 2.45. The summed E-state index contributed by atoms with van der Waals surface area (Å²) in [4.78, 5) is -0.838. The predicted octanol–water partition coefficient (Wildman–Crippen LogP) is 1.46. The molecule has 2 aromatic rings. The Morgan fingerprint density at radius 1 is 0.893 bits per heavy atom. The van der Waals surface area contributed by atoms with Crippen LogP contribution in [0, 0.1) is 0 Å². The van der Waals surface area contributed by atoms with Crippen LogP contribution in [0.4, 0.5) is 35.1 Å². The summed E-state index contributed by atoms with van der Waals surface area (Å²) in [5.74, 6) is -18.3. The Kier molecular flexibility index (Phi) is 7.75. The van der Waals surface area contributed by atoms with Crippen LogP contribution >= 0.6 is 0 Å². The van der Waals surface area contributed by atoms with Crippen LogP contribution in [0.1, 0.15) is 5.56 Å². The molecule has 0 amide bonds. The van der Waals surface area contributed by atoms with Crippen LogP contribution in [0.25, 0.3) is 10.8 Å². The summed E-state index contributed by atoms with van der Waals surface area (Å²) in [6, 6.07) is 5.55. The molecule has 3 nitrogen and oxygen atoms in total. The third-order valence-corrected chi connectivity index (χ3v) is 4.70. The number of hydrogen-bond donors (Lipinski definition) is 0. The maximum Gasteiger partial charge on any atom is 1.00 e. The number of hydrogen-bond acceptors (Lipinski definition) is 3. The van der Waals surface area contributed by atoms with E-state index in [1.165, 1.54) is 0 Å². The molecule has 0 N–H and O–H groups in total. The van der Waals surface area contributed by atoms with Crippen molar-refractivity contribution in [2.45, 2.75) is 35.5 Å². The van der Waals surface area contributed by atoms with Gasteiger partial charge in [0.15, 0.2) is 0 Å². The Labute approximate surface area is 196 Å². The maximum absolute atomic E-state index is 13.9. The number of benzene rings is 2. The quantitative estimate of drug-likeness (QED) is 0.373. The molecule has 0 unspecified atom stereocenters. The van der Waals surface area contributed by atoms with Crippen molar-refractivity contribution in [2.75, 3.05) is 0 Å². The maximum atomic E-state index is 13.9. The summed E-state index contributed by atoms with van der Waals surface area (Å²) in [5.41, 5.74) is -0.729. The first-order valence-corrected chi connectivity index (χ1v) is 8.42. The van der Waals surface area contributed by atoms with Gasteiger partial charge in [0.05, 0.1) is 4.90 Å². The summed E-state index contributed by atoms with van der Waals surface area (Å²) in [5, 5.41) is -0.796. The van der Waals surface area contributed by atoms with Gasteiger partial charge in [-0.25, -0.2) is 17.2 Å². The van der Waals surface area contributed by atoms with Gasteiger partial charge >= 0.3 is 75.6 Å². The molecular weight excluding hydrogens is 451 g/mol. The van der Waals surface area contributed by atoms with E-state index < -0.39 is 62.0 Å². The van der Waals surface area contributed by atoms with Gasteiger partial charge in [0.25, 0.3) is 0 Å². The van der Waals surface area contributed by atoms with Gasteiger partial charge in [-0.05, 0) is 22.4 Å². The van der Waals surface area contributed by atoms with Crippen LogP contribution in [-0.2, 0) is 16.5 Å². The topological polar surface area (TPSA) is 57.2 Å². The van der Waals surface area contributed by atoms with Crippen molar-refractivity contribution in [1.82, 2.24) is 0 Å². The molecule has 13 heteroatoms. The van der Waals surface area contributed by atoms with Crippen LogP contribution in [0.2, 0.25) is 0 Å². The van der Waals surface area contributed by atoms with Gasteiger partial charge in [0.2, 0.25) is 0 Å². The Hall–Kier alpha value is -0.314. The van der Waals surface area contributed by atoms with Gasteiger partial charge < -0.3 is 4.55 Å². The average molecular weight is 460 g/mol. The van der Waals surface area contributed by atoms with Crippen molar-refractivity contribution in [1.29, 1.82) is 0 Å². The van der Waals surface area contributed by atoms with Crippen molar-refractivity contribution in [3.05, 3.63) is 42.0 Å². The minimum atomic E-state index is -6.39. The van der Waals surface area contributed by atoms with Crippen molar-refractivity contribution >= 4 is 20.9 Å². The molecule has 0 aromatic heterocycles. The first-order chi connectivity index (χ1) is 12.1. The van der Waals surface area contributed by atoms with E-state index in [4.69, 9.17) is 0 Å². The summed E-state index contributed by atoms with van der Waals surface area (Å²) in [6.07, 6.45) is -7.13. The average Bonchev–Trinajstić information content (AvgIpc) is 2.52. The second-order valence-corrected chi connectivity index (χ2v) is 6.95. The van der Waals surface area contributed by atoms with Crippen LogP contribution in [0.5, 0.6) is 0 Å². The van der Waals surface area contributed by atoms with Crippen LogP contribution in [0.3, 0.4) is 0 Å². The summed E-state index contributed by atoms with van der Waals surface area (Å²) in [6.45, 7) is 0. The normalized spacial score (nSPS) is 13.6. The molecule has 0 saturated carbocycles. The minimum absolute atomic E-state index is 0. The molecule has 0 saturated heterocycles. The minimum Gasteiger partial charge on any atom is -0.744 e. The van der Waals surface area contributed by atoms with Gasteiger partial charge in [0.1, 0.15) is 10.1 Å². The Bertz CT molecular complexity index is 963. The molecule has 0 bridgehead atoms. The number of fused-ring (bicyclic) bond motifs is 1. The zero-order valence-corrected chi connectivity index (χ0v) is 17.8. The smallest absolute Gasteiger partial charge is 0.744 e. The predicted molar refractivity (Wildman–Crippen MR) is 76.5 cm³/mol. The monoisotopic (exact) mass is 460 g/mol. The van der Waals surface area contributed by atoms with Crippen LogP contribution in [0.15, 0.2) is 41.3 Å². The fraction of sp³-hybridized carbons (Fsp3) is 0.333. The largest absolute Gasteiger partial charge is 1.00 e. The first kappa shape index (κ1) is 25.7. The third kappa shape index (κ3) is 4.55. The zero-order valence-electron chi connectivity index (χ0n) is 13.9. The SMILES string of the molecule is O=S(=O)([O-])c1cccc2c(CC(F)(F)C(F)(F)C(F)(F)C(F)F)cccc12.[K+]. The zero-order chi connectivity index (χ0) is 20.8. The standard InChI is InChI=1S/C15H10F8O3S.K/c16-12(17)14(20,21)15(22,23)13(18,19)7-8-3-1-5-10-9(8)4-2-6-11(10)27(24,25)26;/h1-6,12H,7H2,(H,24,25,26);/q;+1/p-1. The van der Waals surface area contributed by atoms with Crippen molar-refractivity contribution in [3.8, 4) is 0 Å². The summed E-state index contributed by atoms with van der Waals surface area (Å²) < 4.78 is 138. The fourth-order valence-corrected chi connectivity index (χ4v) is 3.14. The molecule has 2 rings (SSSR count). The van der Waals surface area contributed by atoms with Crippen molar-refractivity contribution in [2.24, 2.45) is 0 Å². The van der Waals surface area contributed by atoms with E-state index >= 15 is 0 Å². The van der Waals surface area contributed by atoms with Crippen LogP contribution in [-0.4, -0.2) is 37.2 Å². The van der Waals surface area contributed by atoms with Gasteiger partial charge in [-0.1, -0.05) is 30.3 Å². The molecular formula is C15H9F8KO3S. The molecule has 0 spiro atoms. The number of rotatable bonds is 6. The van der Waals surface area contributed by atoms with E-state index in [-0.39, 0.29) is 51.4 Å². The van der Waals surface area contributed by atoms with Gasteiger partial charge in [-0.15, -0.1) is 0 Å². The van der Waals surface area contributed by atoms with E-state index in [2.05, 4.69) is 0 Å². The van der Waals surface area contributed by atoms with Gasteiger partial charge in [-0.3, -0.25) is 0 Å². The molecule has 0 atom stereocenters. The van der Waals surface area contributed by atoms with Crippen molar-refractivity contribution in [3.63, 3.8) is 0 Å². The molecule has 0 aliphatic rings. The van der Waals surface area contributed by atoms with Gasteiger partial charge in [-0.2, -0.15) is 26.3 Å². The third-order valence-electron chi connectivity index (χ3n) is 3.81. The molecule has 150 valence electrons. The van der Waals surface area contributed by atoms with E-state index in [9.17, 15) is 48.1 Å². The Morgan fingerprint density at radius 3 is 1.89 bits per heavy atom. The van der Waals surface area contributed by atoms with E-state index in [1.54, 1.807) is 0 Å². The number of halogens is 8. The summed E-state index contributed by atoms with van der Waals surface area (Å²) in [7, 11) is -5.06. The van der Waals surface area contributed by atoms with Gasteiger partial charge in [0, 0.05) is 6.42 Å². The molecule has 0 aliphatic carbocycles. The molecule has 0 radical (unpaired) electrons. The molecule has 0 heterocycles. The number of alkyl halides is 8. The second-order valence-electron chi connectivity index (χ2n) is 5.60. The summed E-state index contributed by atoms with van der Waals surface area (Å²) >= 11 is 0. The van der Waals surface area contributed by atoms with Crippen molar-refractivity contribution < 1.29 is 99.5 Å². The second kappa shape index (κ2) is 8.44. The van der Waals surface area contributed by atoms with E-state index in [1.807, 2.05) is 0 Å². The molecule has 0 aliphatic heterocycles.